The minimum atomic E-state index is -0.180. The number of hydrogen-bond acceptors (Lipinski definition) is 5. The Kier molecular flexibility index (Phi) is 4.26. The molecule has 0 heterocycles. The second-order valence-electron chi connectivity index (χ2n) is 4.19. The predicted molar refractivity (Wildman–Crippen MR) is 77.4 cm³/mol. The Morgan fingerprint density at radius 3 is 2.67 bits per heavy atom. The summed E-state index contributed by atoms with van der Waals surface area (Å²) < 4.78 is 5.60. The van der Waals surface area contributed by atoms with Crippen molar-refractivity contribution in [2.24, 2.45) is 5.18 Å². The van der Waals surface area contributed by atoms with Gasteiger partial charge in [-0.05, 0) is 29.4 Å². The number of nitrogens with one attached hydrogen (secondary N) is 1. The third-order valence-electron chi connectivity index (χ3n) is 2.58. The lowest BCUT2D eigenvalue weighted by Crippen LogP contribution is -2.05. The van der Waals surface area contributed by atoms with Crippen LogP contribution < -0.4 is 10.1 Å². The molecular formula is C15H11N3O3. The van der Waals surface area contributed by atoms with Gasteiger partial charge in [-0.15, -0.1) is 4.91 Å². The summed E-state index contributed by atoms with van der Waals surface area (Å²) in [7, 11) is 0. The highest BCUT2D eigenvalue weighted by atomic mass is 16.5. The first kappa shape index (κ1) is 14.2. The Balaban J connectivity index is 2.24. The minimum Gasteiger partial charge on any atom is -0.457 e. The molecule has 104 valence electrons. The van der Waals surface area contributed by atoms with Gasteiger partial charge in [0.05, 0.1) is 5.56 Å². The van der Waals surface area contributed by atoms with Crippen LogP contribution in [0.4, 0.5) is 11.4 Å². The minimum absolute atomic E-state index is 0.0665. The van der Waals surface area contributed by atoms with Crippen LogP contribution >= 0.6 is 0 Å². The lowest BCUT2D eigenvalue weighted by molar-refractivity contribution is -0.114. The number of benzene rings is 2. The number of carbonyl (C=O) groups is 1. The van der Waals surface area contributed by atoms with Crippen molar-refractivity contribution in [2.45, 2.75) is 6.92 Å². The molecule has 0 aliphatic heterocycles. The Morgan fingerprint density at radius 2 is 2.00 bits per heavy atom. The number of nitroso groups, excluding NO2 is 1. The van der Waals surface area contributed by atoms with Crippen LogP contribution in [0.2, 0.25) is 0 Å². The van der Waals surface area contributed by atoms with Crippen molar-refractivity contribution in [3.8, 4) is 17.6 Å². The molecule has 0 aliphatic carbocycles. The maximum Gasteiger partial charge on any atom is 0.221 e. The van der Waals surface area contributed by atoms with Crippen LogP contribution in [0, 0.1) is 16.2 Å². The number of carbonyl (C=O) groups excluding carboxylic acids is 1. The first-order valence-corrected chi connectivity index (χ1v) is 6.05. The van der Waals surface area contributed by atoms with E-state index in [1.54, 1.807) is 30.3 Å². The largest absolute Gasteiger partial charge is 0.457 e. The molecule has 2 aromatic carbocycles. The third kappa shape index (κ3) is 3.64. The zero-order chi connectivity index (χ0) is 15.2. The first-order chi connectivity index (χ1) is 10.1. The van der Waals surface area contributed by atoms with E-state index >= 15 is 0 Å². The Bertz CT molecular complexity index is 735. The molecule has 6 heteroatoms. The number of anilines is 1. The summed E-state index contributed by atoms with van der Waals surface area (Å²) in [6.45, 7) is 1.41. The predicted octanol–water partition coefficient (Wildman–Crippen LogP) is 3.71. The van der Waals surface area contributed by atoms with Gasteiger partial charge < -0.3 is 10.1 Å². The first-order valence-electron chi connectivity index (χ1n) is 6.05. The molecule has 1 amide bonds. The summed E-state index contributed by atoms with van der Waals surface area (Å²) in [5, 5.41) is 14.3. The van der Waals surface area contributed by atoms with Crippen LogP contribution in [0.3, 0.4) is 0 Å². The molecular weight excluding hydrogens is 270 g/mol. The van der Waals surface area contributed by atoms with Crippen LogP contribution in [0.15, 0.2) is 47.6 Å². The quantitative estimate of drug-likeness (QED) is 0.865. The number of nitrogens with zero attached hydrogens (tertiary/aromatic N) is 2. The van der Waals surface area contributed by atoms with Gasteiger partial charge in [0, 0.05) is 24.7 Å². The van der Waals surface area contributed by atoms with Gasteiger partial charge in [-0.2, -0.15) is 5.26 Å². The molecule has 2 rings (SSSR count). The SMILES string of the molecule is CC(=O)Nc1cccc(Oc2ccc(N=O)c(C#N)c2)c1. The van der Waals surface area contributed by atoms with Crippen molar-refractivity contribution in [1.29, 1.82) is 5.26 Å². The monoisotopic (exact) mass is 281 g/mol. The fourth-order valence-corrected chi connectivity index (χ4v) is 1.72. The standard InChI is InChI=1S/C15H11N3O3/c1-10(19)17-12-3-2-4-13(8-12)21-14-5-6-15(18-20)11(7-14)9-16/h2-8H,1H3,(H,17,19). The number of nitriles is 1. The molecule has 2 aromatic rings. The van der Waals surface area contributed by atoms with Crippen molar-refractivity contribution in [3.05, 3.63) is 52.9 Å². The van der Waals surface area contributed by atoms with Crippen LogP contribution in [0.25, 0.3) is 0 Å². The van der Waals surface area contributed by atoms with Gasteiger partial charge in [0.15, 0.2) is 0 Å². The van der Waals surface area contributed by atoms with Crippen LogP contribution in [-0.2, 0) is 4.79 Å². The van der Waals surface area contributed by atoms with E-state index in [1.165, 1.54) is 19.1 Å². The highest BCUT2D eigenvalue weighted by Crippen LogP contribution is 2.28. The average molecular weight is 281 g/mol. The zero-order valence-electron chi connectivity index (χ0n) is 11.2. The van der Waals surface area contributed by atoms with Crippen LogP contribution in [0.5, 0.6) is 11.5 Å². The van der Waals surface area contributed by atoms with Crippen molar-refractivity contribution in [3.63, 3.8) is 0 Å². The molecule has 0 unspecified atom stereocenters. The summed E-state index contributed by atoms with van der Waals surface area (Å²) in [4.78, 5) is 21.5. The fourth-order valence-electron chi connectivity index (χ4n) is 1.72. The fraction of sp³-hybridized carbons (Fsp3) is 0.0667. The number of amides is 1. The summed E-state index contributed by atoms with van der Waals surface area (Å²) in [6.07, 6.45) is 0. The zero-order valence-corrected chi connectivity index (χ0v) is 11.2. The van der Waals surface area contributed by atoms with E-state index in [9.17, 15) is 9.70 Å². The van der Waals surface area contributed by atoms with Crippen LogP contribution in [0.1, 0.15) is 12.5 Å². The molecule has 1 N–H and O–H groups in total. The maximum atomic E-state index is 11.0. The van der Waals surface area contributed by atoms with Gasteiger partial charge in [-0.25, -0.2) is 0 Å². The van der Waals surface area contributed by atoms with E-state index < -0.39 is 0 Å². The molecule has 0 aliphatic rings. The second kappa shape index (κ2) is 6.30. The van der Waals surface area contributed by atoms with E-state index in [-0.39, 0.29) is 17.2 Å². The van der Waals surface area contributed by atoms with E-state index in [0.717, 1.165) is 0 Å². The highest BCUT2D eigenvalue weighted by molar-refractivity contribution is 5.88. The molecule has 6 nitrogen and oxygen atoms in total. The van der Waals surface area contributed by atoms with Gasteiger partial charge in [0.25, 0.3) is 0 Å². The molecule has 0 atom stereocenters. The summed E-state index contributed by atoms with van der Waals surface area (Å²) >= 11 is 0. The maximum absolute atomic E-state index is 11.0. The third-order valence-corrected chi connectivity index (χ3v) is 2.58. The van der Waals surface area contributed by atoms with Gasteiger partial charge >= 0.3 is 0 Å². The molecule has 0 fully saturated rings. The van der Waals surface area contributed by atoms with E-state index in [2.05, 4.69) is 10.5 Å². The summed E-state index contributed by atoms with van der Waals surface area (Å²) in [5.41, 5.74) is 0.809. The normalized spacial score (nSPS) is 9.52. The van der Waals surface area contributed by atoms with E-state index in [1.807, 2.05) is 6.07 Å². The molecule has 0 saturated heterocycles. The Labute approximate surface area is 120 Å². The van der Waals surface area contributed by atoms with Gasteiger partial charge in [0.2, 0.25) is 5.91 Å². The number of ether oxygens (including phenoxy) is 1. The topological polar surface area (TPSA) is 91.5 Å². The molecule has 0 spiro atoms. The van der Waals surface area contributed by atoms with Gasteiger partial charge in [-0.1, -0.05) is 6.07 Å². The summed E-state index contributed by atoms with van der Waals surface area (Å²) in [5.74, 6) is 0.719. The van der Waals surface area contributed by atoms with Crippen LogP contribution in [-0.4, -0.2) is 5.91 Å². The van der Waals surface area contributed by atoms with E-state index in [4.69, 9.17) is 10.00 Å². The number of hydrogen-bond donors (Lipinski definition) is 1. The van der Waals surface area contributed by atoms with E-state index in [0.29, 0.717) is 17.2 Å². The Hall–Kier alpha value is -3.20. The lowest BCUT2D eigenvalue weighted by Gasteiger charge is -2.08. The smallest absolute Gasteiger partial charge is 0.221 e. The molecule has 0 bridgehead atoms. The Morgan fingerprint density at radius 1 is 1.24 bits per heavy atom. The average Bonchev–Trinajstić information content (AvgIpc) is 2.46. The second-order valence-corrected chi connectivity index (χ2v) is 4.19. The van der Waals surface area contributed by atoms with Gasteiger partial charge in [-0.3, -0.25) is 4.79 Å². The summed E-state index contributed by atoms with van der Waals surface area (Å²) in [6, 6.07) is 13.1. The van der Waals surface area contributed by atoms with Crippen molar-refractivity contribution >= 4 is 17.3 Å². The van der Waals surface area contributed by atoms with Gasteiger partial charge in [0.1, 0.15) is 23.3 Å². The molecule has 21 heavy (non-hydrogen) atoms. The lowest BCUT2D eigenvalue weighted by atomic mass is 10.2. The van der Waals surface area contributed by atoms with Crippen molar-refractivity contribution in [2.75, 3.05) is 5.32 Å². The van der Waals surface area contributed by atoms with Crippen molar-refractivity contribution < 1.29 is 9.53 Å². The molecule has 0 radical (unpaired) electrons. The molecule has 0 saturated carbocycles. The van der Waals surface area contributed by atoms with Crippen molar-refractivity contribution in [1.82, 2.24) is 0 Å². The molecule has 0 aromatic heterocycles. The highest BCUT2D eigenvalue weighted by Gasteiger charge is 2.06. The number of rotatable bonds is 4.